The summed E-state index contributed by atoms with van der Waals surface area (Å²) in [5, 5.41) is 33.7. The number of carbonyl (C=O) groups excluding carboxylic acids is 8. The number of nitrogens with one attached hydrogen (secondary N) is 7. The molecule has 0 radical (unpaired) electrons. The third kappa shape index (κ3) is 20.1. The number of rotatable bonds is 23. The minimum atomic E-state index is -1.80. The highest BCUT2D eigenvalue weighted by Crippen LogP contribution is 2.00. The summed E-state index contributed by atoms with van der Waals surface area (Å²) in [5.74, 6) is -4.40. The van der Waals surface area contributed by atoms with Crippen molar-refractivity contribution in [3.05, 3.63) is 0 Å². The van der Waals surface area contributed by atoms with Gasteiger partial charge in [0, 0.05) is 6.54 Å². The number of nitrogens with zero attached hydrogens (tertiary/aromatic N) is 1. The van der Waals surface area contributed by atoms with Crippen molar-refractivity contribution in [1.29, 1.82) is 0 Å². The molecule has 0 aliphatic carbocycles. The quantitative estimate of drug-likeness (QED) is 0.0207. The number of aliphatic hydroxyl groups is 1. The summed E-state index contributed by atoms with van der Waals surface area (Å²) in [7, 11) is 0. The van der Waals surface area contributed by atoms with Crippen molar-refractivity contribution in [1.82, 2.24) is 37.2 Å². The Labute approximate surface area is 266 Å². The van der Waals surface area contributed by atoms with Crippen LogP contribution < -0.4 is 60.3 Å². The van der Waals surface area contributed by atoms with Crippen LogP contribution in [0, 0.1) is 0 Å². The molecular formula is C23H40N12O12. The summed E-state index contributed by atoms with van der Waals surface area (Å²) in [5.41, 5.74) is 15.4. The molecule has 0 rings (SSSR count). The van der Waals surface area contributed by atoms with E-state index in [1.54, 1.807) is 0 Å². The van der Waals surface area contributed by atoms with Crippen LogP contribution in [0.25, 0.3) is 0 Å². The maximum Gasteiger partial charge on any atom is 0.305 e. The number of amides is 8. The minimum Gasteiger partial charge on any atom is -0.481 e. The number of primary amides is 1. The third-order valence-electron chi connectivity index (χ3n) is 5.41. The maximum atomic E-state index is 12.8. The largest absolute Gasteiger partial charge is 0.481 e. The summed E-state index contributed by atoms with van der Waals surface area (Å²) >= 11 is 0. The monoisotopic (exact) mass is 676 g/mol. The molecule has 47 heavy (non-hydrogen) atoms. The van der Waals surface area contributed by atoms with Gasteiger partial charge in [0.1, 0.15) is 24.7 Å². The predicted octanol–water partition coefficient (Wildman–Crippen LogP) is -9.20. The van der Waals surface area contributed by atoms with Crippen molar-refractivity contribution in [2.45, 2.75) is 37.4 Å². The van der Waals surface area contributed by atoms with Crippen LogP contribution in [0.15, 0.2) is 4.99 Å². The van der Waals surface area contributed by atoms with Gasteiger partial charge < -0.3 is 64.6 Å². The van der Waals surface area contributed by atoms with Crippen molar-refractivity contribution < 1.29 is 58.2 Å². The molecule has 0 spiro atoms. The summed E-state index contributed by atoms with van der Waals surface area (Å²) in [6.07, 6.45) is -0.823. The van der Waals surface area contributed by atoms with Gasteiger partial charge in [-0.15, -0.1) is 0 Å². The van der Waals surface area contributed by atoms with Crippen LogP contribution in [0.4, 0.5) is 0 Å². The molecule has 0 aliphatic rings. The lowest BCUT2D eigenvalue weighted by atomic mass is 10.1. The Morgan fingerprint density at radius 3 is 1.72 bits per heavy atom. The van der Waals surface area contributed by atoms with E-state index in [1.165, 1.54) is 0 Å². The number of guanidine groups is 1. The van der Waals surface area contributed by atoms with E-state index in [0.29, 0.717) is 0 Å². The van der Waals surface area contributed by atoms with Crippen LogP contribution >= 0.6 is 0 Å². The first-order chi connectivity index (χ1) is 22.1. The van der Waals surface area contributed by atoms with Crippen LogP contribution in [-0.4, -0.2) is 133 Å². The average molecular weight is 677 g/mol. The van der Waals surface area contributed by atoms with Crippen molar-refractivity contribution in [2.75, 3.05) is 45.9 Å². The number of hydrogen-bond acceptors (Lipinski definition) is 13. The Kier molecular flexibility index (Phi) is 20.1. The van der Waals surface area contributed by atoms with Crippen molar-refractivity contribution in [3.8, 4) is 0 Å². The number of carbonyl (C=O) groups is 9. The molecule has 0 heterocycles. The van der Waals surface area contributed by atoms with Gasteiger partial charge in [-0.05, 0) is 12.8 Å². The molecule has 17 N–H and O–H groups in total. The van der Waals surface area contributed by atoms with Gasteiger partial charge in [0.05, 0.1) is 39.2 Å². The van der Waals surface area contributed by atoms with E-state index >= 15 is 0 Å². The molecule has 0 aromatic carbocycles. The molecule has 8 amide bonds. The fraction of sp³-hybridized carbons (Fsp3) is 0.565. The number of nitrogens with two attached hydrogens (primary N) is 4. The van der Waals surface area contributed by atoms with Crippen LogP contribution in [0.5, 0.6) is 0 Å². The zero-order valence-corrected chi connectivity index (χ0v) is 25.0. The molecule has 0 bridgehead atoms. The van der Waals surface area contributed by atoms with E-state index in [1.807, 2.05) is 5.32 Å². The molecule has 3 atom stereocenters. The molecule has 0 aliphatic heterocycles. The van der Waals surface area contributed by atoms with Crippen LogP contribution in [-0.2, 0) is 48.0 Å². The Bertz CT molecular complexity index is 1180. The van der Waals surface area contributed by atoms with Gasteiger partial charge in [0.2, 0.25) is 47.3 Å². The first-order valence-electron chi connectivity index (χ1n) is 13.5. The molecule has 0 saturated heterocycles. The first-order valence-corrected chi connectivity index (χ1v) is 13.5. The molecular weight excluding hydrogens is 636 g/mol. The highest BCUT2D eigenvalue weighted by Gasteiger charge is 2.29. The predicted molar refractivity (Wildman–Crippen MR) is 156 cm³/mol. The van der Waals surface area contributed by atoms with Gasteiger partial charge in [0.25, 0.3) is 0 Å². The van der Waals surface area contributed by atoms with Crippen LogP contribution in [0.3, 0.4) is 0 Å². The lowest BCUT2D eigenvalue weighted by Crippen LogP contribution is -2.57. The smallest absolute Gasteiger partial charge is 0.305 e. The molecule has 0 saturated carbocycles. The summed E-state index contributed by atoms with van der Waals surface area (Å²) in [6, 6.07) is -4.74. The van der Waals surface area contributed by atoms with Crippen LogP contribution in [0.2, 0.25) is 0 Å². The zero-order valence-electron chi connectivity index (χ0n) is 25.0. The van der Waals surface area contributed by atoms with Gasteiger partial charge >= 0.3 is 5.97 Å². The standard InChI is InChI=1S/C23H40N12O12/c24-14(37)5-29-15(38)6-31-21(45)13(9-36)35-22(46)12(4-19(42)43)34-17(40)8-32-20(44)11(2-1-3-28-23(25)26)33-16(39)7-30-18(41)10-47-27/h11-13,36H,1-10,27H2,(H2,24,37)(H,29,38)(H,30,41)(H,31,45)(H,32,44)(H,33,39)(H,34,40)(H,35,46)(H,42,43)(H4,25,26,28)/t11-,12-,13-/m0/s1. The molecule has 24 heteroatoms. The fourth-order valence-corrected chi connectivity index (χ4v) is 3.25. The van der Waals surface area contributed by atoms with Crippen LogP contribution in [0.1, 0.15) is 19.3 Å². The Balaban J connectivity index is 5.30. The van der Waals surface area contributed by atoms with Gasteiger partial charge in [-0.2, -0.15) is 0 Å². The molecule has 264 valence electrons. The summed E-state index contributed by atoms with van der Waals surface area (Å²) < 4.78 is 0. The second-order valence-corrected chi connectivity index (χ2v) is 9.30. The van der Waals surface area contributed by atoms with E-state index in [4.69, 9.17) is 23.1 Å². The molecule has 0 fully saturated rings. The Hall–Kier alpha value is -5.62. The second kappa shape index (κ2) is 22.8. The number of hydrogen-bond donors (Lipinski definition) is 13. The zero-order chi connectivity index (χ0) is 35.9. The van der Waals surface area contributed by atoms with Gasteiger partial charge in [-0.25, -0.2) is 5.90 Å². The Morgan fingerprint density at radius 2 is 1.19 bits per heavy atom. The van der Waals surface area contributed by atoms with Gasteiger partial charge in [0.15, 0.2) is 5.96 Å². The minimum absolute atomic E-state index is 0.0305. The maximum absolute atomic E-state index is 12.8. The number of carboxylic acid groups (broad SMARTS) is 1. The topological polar surface area (TPSA) is 404 Å². The van der Waals surface area contributed by atoms with Gasteiger partial charge in [-0.3, -0.25) is 53.0 Å². The average Bonchev–Trinajstić information content (AvgIpc) is 2.99. The normalized spacial score (nSPS) is 12.1. The first kappa shape index (κ1) is 41.4. The van der Waals surface area contributed by atoms with E-state index in [2.05, 4.69) is 41.7 Å². The van der Waals surface area contributed by atoms with Gasteiger partial charge in [-0.1, -0.05) is 0 Å². The van der Waals surface area contributed by atoms with E-state index < -0.39 is 117 Å². The number of aliphatic imine (C=N–C) groups is 1. The lowest BCUT2D eigenvalue weighted by Gasteiger charge is -2.22. The summed E-state index contributed by atoms with van der Waals surface area (Å²) in [4.78, 5) is 116. The summed E-state index contributed by atoms with van der Waals surface area (Å²) in [6.45, 7) is -3.98. The highest BCUT2D eigenvalue weighted by molar-refractivity contribution is 5.96. The number of aliphatic hydroxyl groups excluding tert-OH is 1. The van der Waals surface area contributed by atoms with E-state index in [-0.39, 0.29) is 25.3 Å². The Morgan fingerprint density at radius 1 is 0.660 bits per heavy atom. The molecule has 0 unspecified atom stereocenters. The highest BCUT2D eigenvalue weighted by atomic mass is 16.6. The lowest BCUT2D eigenvalue weighted by molar-refractivity contribution is -0.141. The fourth-order valence-electron chi connectivity index (χ4n) is 3.25. The van der Waals surface area contributed by atoms with Crippen molar-refractivity contribution >= 4 is 59.2 Å². The SMILES string of the molecule is NOCC(=O)NCC(=O)N[C@@H](CCCN=C(N)N)C(=O)NCC(=O)N[C@@H](CC(=O)O)C(=O)N[C@@H](CO)C(=O)NCC(=O)NCC(N)=O. The van der Waals surface area contributed by atoms with Crippen molar-refractivity contribution in [3.63, 3.8) is 0 Å². The third-order valence-corrected chi connectivity index (χ3v) is 5.41. The number of carboxylic acids is 1. The molecule has 0 aromatic rings. The van der Waals surface area contributed by atoms with E-state index in [0.717, 1.165) is 0 Å². The van der Waals surface area contributed by atoms with Crippen molar-refractivity contribution in [2.24, 2.45) is 28.1 Å². The van der Waals surface area contributed by atoms with E-state index in [9.17, 15) is 53.4 Å². The molecule has 24 nitrogen and oxygen atoms in total. The number of aliphatic carboxylic acids is 1. The molecule has 0 aromatic heterocycles. The second-order valence-electron chi connectivity index (χ2n) is 9.30.